The number of anilines is 1. The molecular weight excluding hydrogens is 362 g/mol. The Hall–Kier alpha value is -2.53. The van der Waals surface area contributed by atoms with Gasteiger partial charge in [0, 0.05) is 56.2 Å². The first-order valence-corrected chi connectivity index (χ1v) is 10.8. The molecule has 2 aromatic rings. The van der Waals surface area contributed by atoms with Crippen molar-refractivity contribution in [3.8, 4) is 5.75 Å². The van der Waals surface area contributed by atoms with Crippen LogP contribution in [-0.4, -0.2) is 57.2 Å². The van der Waals surface area contributed by atoms with E-state index in [-0.39, 0.29) is 5.92 Å². The number of piperidine rings is 1. The van der Waals surface area contributed by atoms with Crippen molar-refractivity contribution in [1.82, 2.24) is 4.90 Å². The first-order chi connectivity index (χ1) is 14.2. The molecule has 2 aliphatic heterocycles. The maximum absolute atomic E-state index is 13.0. The quantitative estimate of drug-likeness (QED) is 0.841. The molecule has 2 fully saturated rings. The fourth-order valence-electron chi connectivity index (χ4n) is 4.56. The lowest BCUT2D eigenvalue weighted by Crippen LogP contribution is -3.11. The SMILES string of the molecule is COc1ccc(C[NH+]2CCC(C(=O)N3CCN(c4ccccc4)CC3)CC2)cc1. The van der Waals surface area contributed by atoms with Crippen molar-refractivity contribution in [2.45, 2.75) is 19.4 Å². The van der Waals surface area contributed by atoms with E-state index >= 15 is 0 Å². The Morgan fingerprint density at radius 1 is 0.966 bits per heavy atom. The number of para-hydroxylation sites is 1. The number of rotatable bonds is 5. The molecule has 5 nitrogen and oxygen atoms in total. The van der Waals surface area contributed by atoms with E-state index in [1.165, 1.54) is 11.3 Å². The molecule has 4 rings (SSSR count). The number of nitrogens with zero attached hydrogens (tertiary/aromatic N) is 2. The summed E-state index contributed by atoms with van der Waals surface area (Å²) in [6.45, 7) is 6.72. The Balaban J connectivity index is 1.23. The normalized spacial score (nSPS) is 22.4. The first-order valence-electron chi connectivity index (χ1n) is 10.8. The number of carbonyl (C=O) groups is 1. The van der Waals surface area contributed by atoms with Gasteiger partial charge in [-0.25, -0.2) is 0 Å². The summed E-state index contributed by atoms with van der Waals surface area (Å²) in [6, 6.07) is 18.9. The summed E-state index contributed by atoms with van der Waals surface area (Å²) >= 11 is 0. The maximum atomic E-state index is 13.0. The van der Waals surface area contributed by atoms with Gasteiger partial charge in [-0.15, -0.1) is 0 Å². The van der Waals surface area contributed by atoms with Gasteiger partial charge in [-0.1, -0.05) is 18.2 Å². The number of piperazine rings is 1. The average Bonchev–Trinajstić information content (AvgIpc) is 2.80. The van der Waals surface area contributed by atoms with E-state index in [4.69, 9.17) is 4.74 Å². The zero-order valence-corrected chi connectivity index (χ0v) is 17.3. The number of likely N-dealkylation sites (tertiary alicyclic amines) is 1. The van der Waals surface area contributed by atoms with Gasteiger partial charge < -0.3 is 19.4 Å². The Labute approximate surface area is 173 Å². The molecule has 0 unspecified atom stereocenters. The highest BCUT2D eigenvalue weighted by Crippen LogP contribution is 2.19. The maximum Gasteiger partial charge on any atom is 0.226 e. The molecule has 5 heteroatoms. The number of nitrogens with one attached hydrogen (secondary N) is 1. The van der Waals surface area contributed by atoms with Crippen LogP contribution in [0.3, 0.4) is 0 Å². The van der Waals surface area contributed by atoms with Gasteiger partial charge in [0.25, 0.3) is 0 Å². The molecule has 2 aliphatic rings. The van der Waals surface area contributed by atoms with Crippen LogP contribution < -0.4 is 14.5 Å². The summed E-state index contributed by atoms with van der Waals surface area (Å²) in [5, 5.41) is 0. The topological polar surface area (TPSA) is 37.2 Å². The van der Waals surface area contributed by atoms with Crippen molar-refractivity contribution in [1.29, 1.82) is 0 Å². The van der Waals surface area contributed by atoms with E-state index < -0.39 is 0 Å². The van der Waals surface area contributed by atoms with E-state index in [2.05, 4.69) is 46.2 Å². The van der Waals surface area contributed by atoms with Crippen molar-refractivity contribution in [2.24, 2.45) is 5.92 Å². The van der Waals surface area contributed by atoms with E-state index in [0.717, 1.165) is 64.4 Å². The van der Waals surface area contributed by atoms with Crippen molar-refractivity contribution in [3.05, 3.63) is 60.2 Å². The number of quaternary nitrogens is 1. The number of benzene rings is 2. The highest BCUT2D eigenvalue weighted by Gasteiger charge is 2.32. The van der Waals surface area contributed by atoms with Gasteiger partial charge in [0.15, 0.2) is 0 Å². The summed E-state index contributed by atoms with van der Waals surface area (Å²) in [4.78, 5) is 19.1. The molecule has 0 aliphatic carbocycles. The minimum Gasteiger partial charge on any atom is -0.497 e. The minimum atomic E-state index is 0.206. The number of carbonyl (C=O) groups excluding carboxylic acids is 1. The predicted octanol–water partition coefficient (Wildman–Crippen LogP) is 1.84. The fourth-order valence-corrected chi connectivity index (χ4v) is 4.56. The second kappa shape index (κ2) is 9.31. The van der Waals surface area contributed by atoms with Crippen molar-refractivity contribution >= 4 is 11.6 Å². The van der Waals surface area contributed by atoms with Gasteiger partial charge in [-0.3, -0.25) is 4.79 Å². The Morgan fingerprint density at radius 3 is 2.24 bits per heavy atom. The van der Waals surface area contributed by atoms with Crippen LogP contribution in [0, 0.1) is 5.92 Å². The third-order valence-corrected chi connectivity index (χ3v) is 6.37. The number of amides is 1. The summed E-state index contributed by atoms with van der Waals surface area (Å²) in [6.07, 6.45) is 2.01. The van der Waals surface area contributed by atoms with E-state index in [9.17, 15) is 4.79 Å². The third-order valence-electron chi connectivity index (χ3n) is 6.37. The van der Waals surface area contributed by atoms with Gasteiger partial charge in [0.1, 0.15) is 12.3 Å². The molecule has 154 valence electrons. The van der Waals surface area contributed by atoms with Crippen LogP contribution in [0.1, 0.15) is 18.4 Å². The van der Waals surface area contributed by atoms with Gasteiger partial charge in [-0.05, 0) is 36.4 Å². The molecular formula is C24H32N3O2+. The van der Waals surface area contributed by atoms with Crippen LogP contribution in [0.15, 0.2) is 54.6 Å². The molecule has 0 atom stereocenters. The summed E-state index contributed by atoms with van der Waals surface area (Å²) in [5.41, 5.74) is 2.60. The summed E-state index contributed by atoms with van der Waals surface area (Å²) in [5.74, 6) is 1.49. The smallest absolute Gasteiger partial charge is 0.226 e. The van der Waals surface area contributed by atoms with Gasteiger partial charge >= 0.3 is 0 Å². The molecule has 2 heterocycles. The number of hydrogen-bond donors (Lipinski definition) is 1. The third kappa shape index (κ3) is 4.91. The second-order valence-corrected chi connectivity index (χ2v) is 8.20. The van der Waals surface area contributed by atoms with Crippen molar-refractivity contribution < 1.29 is 14.4 Å². The molecule has 0 spiro atoms. The molecule has 1 N–H and O–H groups in total. The standard InChI is InChI=1S/C24H31N3O2/c1-29-23-9-7-20(8-10-23)19-25-13-11-21(12-14-25)24(28)27-17-15-26(16-18-27)22-5-3-2-4-6-22/h2-10,21H,11-19H2,1H3/p+1. The Kier molecular flexibility index (Phi) is 6.35. The average molecular weight is 395 g/mol. The van der Waals surface area contributed by atoms with E-state index in [1.54, 1.807) is 12.0 Å². The number of methoxy groups -OCH3 is 1. The monoisotopic (exact) mass is 394 g/mol. The largest absolute Gasteiger partial charge is 0.497 e. The Morgan fingerprint density at radius 2 is 1.62 bits per heavy atom. The van der Waals surface area contributed by atoms with Crippen LogP contribution in [0.5, 0.6) is 5.75 Å². The molecule has 0 radical (unpaired) electrons. The first kappa shape index (κ1) is 19.8. The molecule has 2 aromatic carbocycles. The van der Waals surface area contributed by atoms with E-state index in [1.807, 2.05) is 18.2 Å². The minimum absolute atomic E-state index is 0.206. The van der Waals surface area contributed by atoms with Gasteiger partial charge in [-0.2, -0.15) is 0 Å². The zero-order chi connectivity index (χ0) is 20.1. The molecule has 0 saturated carbocycles. The number of ether oxygens (including phenoxy) is 1. The van der Waals surface area contributed by atoms with Gasteiger partial charge in [0.2, 0.25) is 5.91 Å². The van der Waals surface area contributed by atoms with Crippen LogP contribution in [0.25, 0.3) is 0 Å². The lowest BCUT2D eigenvalue weighted by Gasteiger charge is -2.38. The molecule has 1 amide bonds. The predicted molar refractivity (Wildman–Crippen MR) is 115 cm³/mol. The van der Waals surface area contributed by atoms with Crippen molar-refractivity contribution in [3.63, 3.8) is 0 Å². The lowest BCUT2D eigenvalue weighted by molar-refractivity contribution is -0.919. The lowest BCUT2D eigenvalue weighted by atomic mass is 9.94. The van der Waals surface area contributed by atoms with Crippen LogP contribution >= 0.6 is 0 Å². The van der Waals surface area contributed by atoms with Gasteiger partial charge in [0.05, 0.1) is 20.2 Å². The van der Waals surface area contributed by atoms with Crippen LogP contribution in [-0.2, 0) is 11.3 Å². The number of hydrogen-bond acceptors (Lipinski definition) is 3. The van der Waals surface area contributed by atoms with Crippen LogP contribution in [0.4, 0.5) is 5.69 Å². The fraction of sp³-hybridized carbons (Fsp3) is 0.458. The highest BCUT2D eigenvalue weighted by atomic mass is 16.5. The Bertz CT molecular complexity index is 778. The summed E-state index contributed by atoms with van der Waals surface area (Å²) < 4.78 is 5.24. The van der Waals surface area contributed by atoms with Crippen LogP contribution in [0.2, 0.25) is 0 Å². The second-order valence-electron chi connectivity index (χ2n) is 8.20. The summed E-state index contributed by atoms with van der Waals surface area (Å²) in [7, 11) is 1.70. The molecule has 2 saturated heterocycles. The molecule has 0 aromatic heterocycles. The molecule has 29 heavy (non-hydrogen) atoms. The van der Waals surface area contributed by atoms with Crippen molar-refractivity contribution in [2.75, 3.05) is 51.3 Å². The zero-order valence-electron chi connectivity index (χ0n) is 17.3. The van der Waals surface area contributed by atoms with E-state index in [0.29, 0.717) is 5.91 Å². The molecule has 0 bridgehead atoms. The highest BCUT2D eigenvalue weighted by molar-refractivity contribution is 5.79.